The average Bonchev–Trinajstić information content (AvgIpc) is 2.76. The van der Waals surface area contributed by atoms with E-state index in [0.717, 1.165) is 31.1 Å². The van der Waals surface area contributed by atoms with Gasteiger partial charge in [-0.1, -0.05) is 0 Å². The zero-order valence-electron chi connectivity index (χ0n) is 9.30. The Morgan fingerprint density at radius 2 is 2.12 bits per heavy atom. The predicted octanol–water partition coefficient (Wildman–Crippen LogP) is 0.527. The number of aromatic nitrogens is 3. The Balaban J connectivity index is 2.01. The molecule has 0 saturated carbocycles. The minimum atomic E-state index is 0.505. The molecule has 1 saturated heterocycles. The molecule has 1 atom stereocenters. The van der Waals surface area contributed by atoms with Crippen molar-refractivity contribution in [2.24, 2.45) is 0 Å². The van der Waals surface area contributed by atoms with E-state index < -0.39 is 0 Å². The summed E-state index contributed by atoms with van der Waals surface area (Å²) in [5.41, 5.74) is 0.941. The zero-order valence-corrected chi connectivity index (χ0v) is 9.30. The molecule has 2 aromatic heterocycles. The van der Waals surface area contributed by atoms with Gasteiger partial charge in [-0.2, -0.15) is 0 Å². The van der Waals surface area contributed by atoms with E-state index in [1.807, 2.05) is 29.2 Å². The lowest BCUT2D eigenvalue weighted by Crippen LogP contribution is -2.49. The summed E-state index contributed by atoms with van der Waals surface area (Å²) >= 11 is 0. The number of nitrogens with one attached hydrogen (secondary N) is 1. The Hall–Kier alpha value is -1.62. The van der Waals surface area contributed by atoms with E-state index in [1.165, 1.54) is 0 Å². The molecule has 3 rings (SSSR count). The molecular weight excluding hydrogens is 202 g/mol. The zero-order chi connectivity index (χ0) is 11.0. The minimum absolute atomic E-state index is 0.505. The highest BCUT2D eigenvalue weighted by molar-refractivity contribution is 5.64. The predicted molar refractivity (Wildman–Crippen MR) is 62.7 cm³/mol. The molecule has 0 spiro atoms. The smallest absolute Gasteiger partial charge is 0.180 e. The first-order chi connectivity index (χ1) is 7.84. The molecule has 84 valence electrons. The van der Waals surface area contributed by atoms with Gasteiger partial charge in [-0.15, -0.1) is 0 Å². The van der Waals surface area contributed by atoms with Crippen molar-refractivity contribution in [2.45, 2.75) is 13.0 Å². The van der Waals surface area contributed by atoms with Crippen molar-refractivity contribution in [1.29, 1.82) is 0 Å². The average molecular weight is 217 g/mol. The van der Waals surface area contributed by atoms with Gasteiger partial charge in [-0.3, -0.25) is 0 Å². The monoisotopic (exact) mass is 217 g/mol. The third-order valence-electron chi connectivity index (χ3n) is 2.96. The van der Waals surface area contributed by atoms with Crippen molar-refractivity contribution in [3.63, 3.8) is 0 Å². The number of hydrogen-bond donors (Lipinski definition) is 1. The van der Waals surface area contributed by atoms with Gasteiger partial charge in [-0.25, -0.2) is 9.97 Å². The van der Waals surface area contributed by atoms with Crippen LogP contribution in [0.2, 0.25) is 0 Å². The van der Waals surface area contributed by atoms with Crippen molar-refractivity contribution in [3.05, 3.63) is 24.8 Å². The molecule has 0 radical (unpaired) electrons. The Morgan fingerprint density at radius 3 is 2.94 bits per heavy atom. The van der Waals surface area contributed by atoms with Crippen molar-refractivity contribution in [3.8, 4) is 0 Å². The van der Waals surface area contributed by atoms with E-state index in [0.29, 0.717) is 6.04 Å². The van der Waals surface area contributed by atoms with E-state index in [9.17, 15) is 0 Å². The van der Waals surface area contributed by atoms with Crippen molar-refractivity contribution < 1.29 is 0 Å². The van der Waals surface area contributed by atoms with Crippen LogP contribution in [-0.2, 0) is 0 Å². The van der Waals surface area contributed by atoms with Gasteiger partial charge >= 0.3 is 0 Å². The first-order valence-electron chi connectivity index (χ1n) is 5.60. The highest BCUT2D eigenvalue weighted by Gasteiger charge is 2.19. The SMILES string of the molecule is C[C@@H]1CN(c2nccn3ccnc23)CCN1. The molecule has 1 fully saturated rings. The van der Waals surface area contributed by atoms with Crippen LogP contribution >= 0.6 is 0 Å². The van der Waals surface area contributed by atoms with Gasteiger partial charge in [0.1, 0.15) is 0 Å². The van der Waals surface area contributed by atoms with Crippen LogP contribution in [0.3, 0.4) is 0 Å². The van der Waals surface area contributed by atoms with Crippen molar-refractivity contribution in [1.82, 2.24) is 19.7 Å². The second kappa shape index (κ2) is 3.75. The molecule has 0 bridgehead atoms. The Labute approximate surface area is 94.1 Å². The lowest BCUT2D eigenvalue weighted by Gasteiger charge is -2.32. The maximum atomic E-state index is 4.45. The number of imidazole rings is 1. The van der Waals surface area contributed by atoms with Gasteiger partial charge in [0.25, 0.3) is 0 Å². The number of piperazine rings is 1. The second-order valence-electron chi connectivity index (χ2n) is 4.21. The first-order valence-corrected chi connectivity index (χ1v) is 5.60. The molecule has 0 unspecified atom stereocenters. The van der Waals surface area contributed by atoms with Gasteiger partial charge in [0, 0.05) is 50.5 Å². The highest BCUT2D eigenvalue weighted by Crippen LogP contribution is 2.17. The van der Waals surface area contributed by atoms with E-state index in [2.05, 4.69) is 27.1 Å². The van der Waals surface area contributed by atoms with Crippen LogP contribution in [0, 0.1) is 0 Å². The summed E-state index contributed by atoms with van der Waals surface area (Å²) in [6.07, 6.45) is 7.52. The van der Waals surface area contributed by atoms with Crippen molar-refractivity contribution >= 4 is 11.5 Å². The summed E-state index contributed by atoms with van der Waals surface area (Å²) in [5.74, 6) is 0.987. The molecule has 0 aliphatic carbocycles. The third kappa shape index (κ3) is 1.53. The first kappa shape index (κ1) is 9.59. The third-order valence-corrected chi connectivity index (χ3v) is 2.96. The summed E-state index contributed by atoms with van der Waals surface area (Å²) in [7, 11) is 0. The molecule has 0 amide bonds. The van der Waals surface area contributed by atoms with Gasteiger partial charge in [0.05, 0.1) is 0 Å². The molecule has 1 aliphatic heterocycles. The molecule has 3 heterocycles. The van der Waals surface area contributed by atoms with Crippen LogP contribution in [0.4, 0.5) is 5.82 Å². The molecule has 2 aromatic rings. The standard InChI is InChI=1S/C11H15N5/c1-9-8-16(7-2-12-9)11-10-13-3-5-15(10)6-4-14-11/h3-6,9,12H,2,7-8H2,1H3/t9-/m1/s1. The minimum Gasteiger partial charge on any atom is -0.351 e. The number of rotatable bonds is 1. The second-order valence-corrected chi connectivity index (χ2v) is 4.21. The lowest BCUT2D eigenvalue weighted by atomic mass is 10.2. The molecule has 1 N–H and O–H groups in total. The van der Waals surface area contributed by atoms with Crippen LogP contribution < -0.4 is 10.2 Å². The van der Waals surface area contributed by atoms with Gasteiger partial charge in [-0.05, 0) is 6.92 Å². The number of anilines is 1. The fourth-order valence-corrected chi connectivity index (χ4v) is 2.19. The van der Waals surface area contributed by atoms with Crippen LogP contribution in [0.25, 0.3) is 5.65 Å². The summed E-state index contributed by atoms with van der Waals surface area (Å²) < 4.78 is 2.01. The summed E-state index contributed by atoms with van der Waals surface area (Å²) in [4.78, 5) is 11.1. The maximum Gasteiger partial charge on any atom is 0.180 e. The topological polar surface area (TPSA) is 45.5 Å². The molecular formula is C11H15N5. The molecule has 0 aromatic carbocycles. The van der Waals surface area contributed by atoms with Crippen LogP contribution in [0.15, 0.2) is 24.8 Å². The normalized spacial score (nSPS) is 21.6. The Kier molecular flexibility index (Phi) is 2.25. The van der Waals surface area contributed by atoms with Crippen LogP contribution in [0.1, 0.15) is 6.92 Å². The van der Waals surface area contributed by atoms with Crippen molar-refractivity contribution in [2.75, 3.05) is 24.5 Å². The number of fused-ring (bicyclic) bond motifs is 1. The maximum absolute atomic E-state index is 4.45. The molecule has 16 heavy (non-hydrogen) atoms. The van der Waals surface area contributed by atoms with E-state index >= 15 is 0 Å². The number of hydrogen-bond acceptors (Lipinski definition) is 4. The summed E-state index contributed by atoms with van der Waals surface area (Å²) in [6, 6.07) is 0.505. The van der Waals surface area contributed by atoms with E-state index in [-0.39, 0.29) is 0 Å². The van der Waals surface area contributed by atoms with E-state index in [4.69, 9.17) is 0 Å². The quantitative estimate of drug-likeness (QED) is 0.756. The largest absolute Gasteiger partial charge is 0.351 e. The van der Waals surface area contributed by atoms with Gasteiger partial charge in [0.15, 0.2) is 11.5 Å². The van der Waals surface area contributed by atoms with Gasteiger partial charge in [0.2, 0.25) is 0 Å². The van der Waals surface area contributed by atoms with Crippen LogP contribution in [-0.4, -0.2) is 40.0 Å². The fourth-order valence-electron chi connectivity index (χ4n) is 2.19. The Bertz CT molecular complexity index is 492. The molecule has 5 nitrogen and oxygen atoms in total. The molecule has 1 aliphatic rings. The lowest BCUT2D eigenvalue weighted by molar-refractivity contribution is 0.482. The molecule has 5 heteroatoms. The number of nitrogens with zero attached hydrogens (tertiary/aromatic N) is 4. The van der Waals surface area contributed by atoms with E-state index in [1.54, 1.807) is 0 Å². The Morgan fingerprint density at radius 1 is 1.31 bits per heavy atom. The van der Waals surface area contributed by atoms with Crippen LogP contribution in [0.5, 0.6) is 0 Å². The highest BCUT2D eigenvalue weighted by atomic mass is 15.3. The fraction of sp³-hybridized carbons (Fsp3) is 0.455. The summed E-state index contributed by atoms with van der Waals surface area (Å²) in [6.45, 7) is 5.17. The van der Waals surface area contributed by atoms with Gasteiger partial charge < -0.3 is 14.6 Å². The summed E-state index contributed by atoms with van der Waals surface area (Å²) in [5, 5.41) is 3.43.